The van der Waals surface area contributed by atoms with Crippen molar-refractivity contribution >= 4 is 54.2 Å². The third-order valence-corrected chi connectivity index (χ3v) is 7.84. The molecule has 4 heterocycles. The molecule has 0 saturated carbocycles. The first kappa shape index (κ1) is 24.4. The van der Waals surface area contributed by atoms with Gasteiger partial charge in [0.15, 0.2) is 11.6 Å². The van der Waals surface area contributed by atoms with Crippen LogP contribution in [-0.2, 0) is 12.8 Å². The predicted octanol–water partition coefficient (Wildman–Crippen LogP) is 6.30. The lowest BCUT2D eigenvalue weighted by Crippen LogP contribution is -1.98. The molecule has 0 amide bonds. The molecule has 10 nitrogen and oxygen atoms in total. The zero-order valence-corrected chi connectivity index (χ0v) is 22.5. The molecule has 2 aromatic carbocycles. The highest BCUT2D eigenvalue weighted by atomic mass is 32.1. The molecule has 0 bridgehead atoms. The quantitative estimate of drug-likeness (QED) is 0.163. The Morgan fingerprint density at radius 3 is 1.39 bits per heavy atom. The summed E-state index contributed by atoms with van der Waals surface area (Å²) in [5.74, 6) is 1.86. The van der Waals surface area contributed by atoms with Crippen molar-refractivity contribution in [2.45, 2.75) is 51.4 Å². The highest BCUT2D eigenvalue weighted by Gasteiger charge is 2.13. The van der Waals surface area contributed by atoms with Gasteiger partial charge in [0.25, 0.3) is 0 Å². The lowest BCUT2D eigenvalue weighted by molar-refractivity contribution is 0.578. The average Bonchev–Trinajstić information content (AvgIpc) is 3.70. The van der Waals surface area contributed by atoms with Gasteiger partial charge in [0.05, 0.1) is 0 Å². The molecule has 12 heteroatoms. The van der Waals surface area contributed by atoms with Crippen LogP contribution in [0.25, 0.3) is 9.92 Å². The van der Waals surface area contributed by atoms with Crippen LogP contribution in [0.3, 0.4) is 0 Å². The summed E-state index contributed by atoms with van der Waals surface area (Å²) in [7, 11) is 0. The van der Waals surface area contributed by atoms with Gasteiger partial charge in [-0.05, 0) is 37.1 Å². The van der Waals surface area contributed by atoms with E-state index in [-0.39, 0.29) is 0 Å². The van der Waals surface area contributed by atoms with Crippen molar-refractivity contribution in [3.8, 4) is 0 Å². The number of hydrogen-bond donors (Lipinski definition) is 2. The van der Waals surface area contributed by atoms with Gasteiger partial charge in [-0.25, -0.2) is 0 Å². The topological polar surface area (TPSA) is 110 Å². The highest BCUT2D eigenvalue weighted by molar-refractivity contribution is 7.20. The van der Waals surface area contributed by atoms with E-state index in [1.807, 2.05) is 69.7 Å². The molecule has 0 aliphatic carbocycles. The number of anilines is 4. The fourth-order valence-corrected chi connectivity index (χ4v) is 5.85. The Morgan fingerprint density at radius 2 is 0.947 bits per heavy atom. The smallest absolute Gasteiger partial charge is 0.236 e. The molecule has 4 aromatic heterocycles. The van der Waals surface area contributed by atoms with E-state index in [1.165, 1.54) is 48.4 Å². The zero-order valence-electron chi connectivity index (χ0n) is 20.8. The van der Waals surface area contributed by atoms with Crippen molar-refractivity contribution < 1.29 is 0 Å². The summed E-state index contributed by atoms with van der Waals surface area (Å²) in [5.41, 5.74) is 2.03. The Hall–Kier alpha value is -3.90. The monoisotopic (exact) mass is 544 g/mol. The van der Waals surface area contributed by atoms with Gasteiger partial charge in [-0.15, -0.1) is 30.6 Å². The minimum atomic E-state index is 0.823. The van der Waals surface area contributed by atoms with Gasteiger partial charge in [0.1, 0.15) is 0 Å². The van der Waals surface area contributed by atoms with Gasteiger partial charge in [0.2, 0.25) is 20.2 Å². The maximum atomic E-state index is 4.65. The zero-order chi connectivity index (χ0) is 25.6. The van der Waals surface area contributed by atoms with Crippen LogP contribution in [0.5, 0.6) is 0 Å². The van der Waals surface area contributed by atoms with Crippen LogP contribution in [0.15, 0.2) is 60.7 Å². The molecule has 0 atom stereocenters. The van der Waals surface area contributed by atoms with Gasteiger partial charge in [-0.2, -0.15) is 9.03 Å². The van der Waals surface area contributed by atoms with Crippen molar-refractivity contribution in [1.29, 1.82) is 0 Å². The number of rotatable bonds is 13. The summed E-state index contributed by atoms with van der Waals surface area (Å²) in [6, 6.07) is 20.1. The van der Waals surface area contributed by atoms with Crippen LogP contribution >= 0.6 is 22.7 Å². The van der Waals surface area contributed by atoms with Crippen LogP contribution in [0, 0.1) is 0 Å². The average molecular weight is 545 g/mol. The Morgan fingerprint density at radius 1 is 0.526 bits per heavy atom. The van der Waals surface area contributed by atoms with E-state index < -0.39 is 0 Å². The second-order valence-electron chi connectivity index (χ2n) is 9.04. The number of para-hydroxylation sites is 2. The molecular formula is C26H28N10S2. The Bertz CT molecular complexity index is 1470. The first-order valence-corrected chi connectivity index (χ1v) is 14.5. The lowest BCUT2D eigenvalue weighted by atomic mass is 10.1. The molecule has 6 rings (SSSR count). The molecule has 2 N–H and O–H groups in total. The van der Waals surface area contributed by atoms with E-state index in [4.69, 9.17) is 0 Å². The predicted molar refractivity (Wildman–Crippen MR) is 152 cm³/mol. The minimum absolute atomic E-state index is 0.823. The normalized spacial score (nSPS) is 11.5. The SMILES string of the molecule is c1ccc(Nc2nn3c(CCCCCCCCc4nnc5sc(Nc6ccccc6)nn45)nnc3s2)cc1. The van der Waals surface area contributed by atoms with Gasteiger partial charge in [-0.3, -0.25) is 0 Å². The van der Waals surface area contributed by atoms with Crippen LogP contribution in [0.2, 0.25) is 0 Å². The van der Waals surface area contributed by atoms with Crippen molar-refractivity contribution in [3.05, 3.63) is 72.3 Å². The molecule has 0 aliphatic rings. The molecule has 38 heavy (non-hydrogen) atoms. The van der Waals surface area contributed by atoms with E-state index in [9.17, 15) is 0 Å². The fourth-order valence-electron chi connectivity index (χ4n) is 4.29. The molecule has 6 aromatic rings. The van der Waals surface area contributed by atoms with Crippen molar-refractivity contribution in [3.63, 3.8) is 0 Å². The van der Waals surface area contributed by atoms with E-state index in [0.29, 0.717) is 0 Å². The first-order valence-electron chi connectivity index (χ1n) is 12.9. The minimum Gasteiger partial charge on any atom is -0.330 e. The maximum Gasteiger partial charge on any atom is 0.236 e. The Kier molecular flexibility index (Phi) is 7.49. The molecule has 0 spiro atoms. The summed E-state index contributed by atoms with van der Waals surface area (Å²) in [6.45, 7) is 0. The molecule has 0 unspecified atom stereocenters. The summed E-state index contributed by atoms with van der Waals surface area (Å²) >= 11 is 3.03. The van der Waals surface area contributed by atoms with E-state index in [1.54, 1.807) is 0 Å². The molecule has 0 aliphatic heterocycles. The third kappa shape index (κ3) is 5.81. The van der Waals surface area contributed by atoms with Gasteiger partial charge >= 0.3 is 0 Å². The summed E-state index contributed by atoms with van der Waals surface area (Å²) in [4.78, 5) is 1.65. The van der Waals surface area contributed by atoms with Crippen LogP contribution in [0.4, 0.5) is 21.6 Å². The number of nitrogens with one attached hydrogen (secondary N) is 2. The second-order valence-corrected chi connectivity index (χ2v) is 11.0. The molecule has 0 radical (unpaired) electrons. The van der Waals surface area contributed by atoms with Crippen molar-refractivity contribution in [2.75, 3.05) is 10.6 Å². The van der Waals surface area contributed by atoms with Crippen LogP contribution in [0.1, 0.15) is 50.2 Å². The van der Waals surface area contributed by atoms with Crippen LogP contribution in [-0.4, -0.2) is 39.6 Å². The molecule has 0 fully saturated rings. The van der Waals surface area contributed by atoms with Gasteiger partial charge < -0.3 is 10.6 Å². The number of unbranched alkanes of at least 4 members (excludes halogenated alkanes) is 5. The first-order chi connectivity index (χ1) is 18.8. The standard InChI is InChI=1S/C26H28N10S2/c1(3-11-17-21-29-31-25-35(21)33-23(37-25)27-19-13-7-5-8-14-19)2-4-12-18-22-30-32-26-36(22)34-24(38-26)28-20-15-9-6-10-16-20/h5-10,13-16H,1-4,11-12,17-18H2,(H,27,33)(H,28,34). The van der Waals surface area contributed by atoms with Crippen LogP contribution < -0.4 is 10.6 Å². The summed E-state index contributed by atoms with van der Waals surface area (Å²) < 4.78 is 3.74. The fraction of sp³-hybridized carbons (Fsp3) is 0.308. The van der Waals surface area contributed by atoms with Gasteiger partial charge in [-0.1, -0.05) is 84.8 Å². The molecule has 194 valence electrons. The lowest BCUT2D eigenvalue weighted by Gasteiger charge is -2.02. The maximum absolute atomic E-state index is 4.65. The third-order valence-electron chi connectivity index (χ3n) is 6.21. The highest BCUT2D eigenvalue weighted by Crippen LogP contribution is 2.24. The second kappa shape index (κ2) is 11.7. The molecular weight excluding hydrogens is 516 g/mol. The number of aryl methyl sites for hydroxylation is 2. The number of fused-ring (bicyclic) bond motifs is 2. The van der Waals surface area contributed by atoms with Crippen molar-refractivity contribution in [1.82, 2.24) is 39.6 Å². The Labute approximate surface area is 227 Å². The van der Waals surface area contributed by atoms with Crippen molar-refractivity contribution in [2.24, 2.45) is 0 Å². The number of benzene rings is 2. The number of nitrogens with zero attached hydrogens (tertiary/aromatic N) is 8. The van der Waals surface area contributed by atoms with Gasteiger partial charge in [0, 0.05) is 24.2 Å². The number of aromatic nitrogens is 8. The molecule has 0 saturated heterocycles. The van der Waals surface area contributed by atoms with E-state index >= 15 is 0 Å². The number of hydrogen-bond acceptors (Lipinski definition) is 10. The van der Waals surface area contributed by atoms with E-state index in [2.05, 4.69) is 41.2 Å². The summed E-state index contributed by atoms with van der Waals surface area (Å²) in [5, 5.41) is 34.9. The Balaban J connectivity index is 0.906. The largest absolute Gasteiger partial charge is 0.330 e. The van der Waals surface area contributed by atoms with E-state index in [0.717, 1.165) is 68.9 Å². The summed E-state index contributed by atoms with van der Waals surface area (Å²) in [6.07, 6.45) is 8.69.